The Hall–Kier alpha value is -2.21. The van der Waals surface area contributed by atoms with Gasteiger partial charge in [0.05, 0.1) is 18.5 Å². The number of Topliss-reactive ketones (excluding diaryl/α,β-unsaturated/α-hetero) is 1. The van der Waals surface area contributed by atoms with Crippen LogP contribution < -0.4 is 10.1 Å². The monoisotopic (exact) mass is 320 g/mol. The van der Waals surface area contributed by atoms with Crippen molar-refractivity contribution in [1.82, 2.24) is 15.2 Å². The second kappa shape index (κ2) is 6.70. The van der Waals surface area contributed by atoms with Crippen molar-refractivity contribution in [1.29, 1.82) is 0 Å². The predicted octanol–water partition coefficient (Wildman–Crippen LogP) is 3.60. The third-order valence-electron chi connectivity index (χ3n) is 3.01. The number of carbonyl (C=O) groups excluding carboxylic acids is 1. The first-order valence-electron chi connectivity index (χ1n) is 6.78. The van der Waals surface area contributed by atoms with Crippen LogP contribution in [0.25, 0.3) is 0 Å². The summed E-state index contributed by atoms with van der Waals surface area (Å²) in [5.41, 5.74) is 1.51. The second-order valence-electron chi connectivity index (χ2n) is 5.05. The van der Waals surface area contributed by atoms with E-state index in [9.17, 15) is 4.79 Å². The SMILES string of the molecule is COc1ccc(Nc2cc(Cl)nnc2C(C)=O)nc1C(C)C. The number of nitrogens with zero attached hydrogens (tertiary/aromatic N) is 3. The van der Waals surface area contributed by atoms with Gasteiger partial charge in [0, 0.05) is 13.0 Å². The molecular formula is C15H17ClN4O2. The van der Waals surface area contributed by atoms with E-state index in [1.54, 1.807) is 19.2 Å². The van der Waals surface area contributed by atoms with E-state index in [1.165, 1.54) is 6.92 Å². The Morgan fingerprint density at radius 1 is 1.32 bits per heavy atom. The van der Waals surface area contributed by atoms with Crippen LogP contribution in [0.4, 0.5) is 11.5 Å². The van der Waals surface area contributed by atoms with E-state index >= 15 is 0 Å². The van der Waals surface area contributed by atoms with Crippen LogP contribution in [0.5, 0.6) is 5.75 Å². The maximum atomic E-state index is 11.6. The van der Waals surface area contributed by atoms with Gasteiger partial charge in [-0.2, -0.15) is 0 Å². The quantitative estimate of drug-likeness (QED) is 0.848. The summed E-state index contributed by atoms with van der Waals surface area (Å²) in [4.78, 5) is 16.1. The number of pyridine rings is 1. The van der Waals surface area contributed by atoms with Gasteiger partial charge in [0.15, 0.2) is 16.6 Å². The zero-order chi connectivity index (χ0) is 16.3. The van der Waals surface area contributed by atoms with Crippen LogP contribution in [0, 0.1) is 0 Å². The molecule has 0 fully saturated rings. The highest BCUT2D eigenvalue weighted by atomic mass is 35.5. The number of nitrogens with one attached hydrogen (secondary N) is 1. The lowest BCUT2D eigenvalue weighted by molar-refractivity contribution is 0.101. The van der Waals surface area contributed by atoms with E-state index in [1.807, 2.05) is 19.9 Å². The zero-order valence-corrected chi connectivity index (χ0v) is 13.6. The topological polar surface area (TPSA) is 77.0 Å². The standard InChI is InChI=1S/C15H17ClN4O2/c1-8(2)14-11(22-4)5-6-13(18-14)17-10-7-12(16)19-20-15(10)9(3)21/h5-8H,1-4H3,(H,17,18,19). The average Bonchev–Trinajstić information content (AvgIpc) is 2.46. The molecule has 0 unspecified atom stereocenters. The Morgan fingerprint density at radius 2 is 2.05 bits per heavy atom. The minimum atomic E-state index is -0.204. The highest BCUT2D eigenvalue weighted by Gasteiger charge is 2.14. The van der Waals surface area contributed by atoms with Gasteiger partial charge >= 0.3 is 0 Å². The van der Waals surface area contributed by atoms with Gasteiger partial charge in [0.2, 0.25) is 0 Å². The summed E-state index contributed by atoms with van der Waals surface area (Å²) < 4.78 is 5.31. The highest BCUT2D eigenvalue weighted by Crippen LogP contribution is 2.28. The van der Waals surface area contributed by atoms with Crippen molar-refractivity contribution >= 4 is 28.9 Å². The first kappa shape index (κ1) is 16.2. The third-order valence-corrected chi connectivity index (χ3v) is 3.20. The van der Waals surface area contributed by atoms with Crippen LogP contribution in [-0.2, 0) is 0 Å². The first-order valence-corrected chi connectivity index (χ1v) is 7.16. The van der Waals surface area contributed by atoms with E-state index in [0.717, 1.165) is 11.4 Å². The maximum absolute atomic E-state index is 11.6. The maximum Gasteiger partial charge on any atom is 0.182 e. The van der Waals surface area contributed by atoms with Gasteiger partial charge in [0.1, 0.15) is 11.6 Å². The highest BCUT2D eigenvalue weighted by molar-refractivity contribution is 6.29. The van der Waals surface area contributed by atoms with Gasteiger partial charge in [-0.25, -0.2) is 4.98 Å². The molecule has 6 nitrogen and oxygen atoms in total. The summed E-state index contributed by atoms with van der Waals surface area (Å²) in [6.45, 7) is 5.48. The van der Waals surface area contributed by atoms with Gasteiger partial charge < -0.3 is 10.1 Å². The van der Waals surface area contributed by atoms with E-state index in [0.29, 0.717) is 11.5 Å². The van der Waals surface area contributed by atoms with Crippen LogP contribution in [0.2, 0.25) is 5.15 Å². The molecule has 2 aromatic heterocycles. The lowest BCUT2D eigenvalue weighted by Gasteiger charge is -2.14. The molecule has 0 aromatic carbocycles. The van der Waals surface area contributed by atoms with Crippen molar-refractivity contribution in [2.24, 2.45) is 0 Å². The van der Waals surface area contributed by atoms with Crippen molar-refractivity contribution in [2.75, 3.05) is 12.4 Å². The smallest absolute Gasteiger partial charge is 0.182 e. The summed E-state index contributed by atoms with van der Waals surface area (Å²) in [5, 5.41) is 10.8. The Labute approximate surface area is 133 Å². The number of hydrogen-bond acceptors (Lipinski definition) is 6. The summed E-state index contributed by atoms with van der Waals surface area (Å²) in [6, 6.07) is 5.14. The Kier molecular flexibility index (Phi) is 4.92. The molecule has 22 heavy (non-hydrogen) atoms. The fraction of sp³-hybridized carbons (Fsp3) is 0.333. The average molecular weight is 321 g/mol. The summed E-state index contributed by atoms with van der Waals surface area (Å²) in [5.74, 6) is 1.29. The van der Waals surface area contributed by atoms with E-state index < -0.39 is 0 Å². The molecule has 0 saturated carbocycles. The molecule has 0 amide bonds. The summed E-state index contributed by atoms with van der Waals surface area (Å²) in [7, 11) is 1.61. The van der Waals surface area contributed by atoms with Crippen molar-refractivity contribution in [3.8, 4) is 5.75 Å². The lowest BCUT2D eigenvalue weighted by Crippen LogP contribution is -2.07. The van der Waals surface area contributed by atoms with Crippen LogP contribution in [-0.4, -0.2) is 28.1 Å². The van der Waals surface area contributed by atoms with Crippen LogP contribution in [0.15, 0.2) is 18.2 Å². The summed E-state index contributed by atoms with van der Waals surface area (Å²) in [6.07, 6.45) is 0. The fourth-order valence-electron chi connectivity index (χ4n) is 1.98. The third kappa shape index (κ3) is 3.51. The van der Waals surface area contributed by atoms with Crippen LogP contribution in [0.1, 0.15) is 42.9 Å². The second-order valence-corrected chi connectivity index (χ2v) is 5.44. The molecule has 2 rings (SSSR count). The van der Waals surface area contributed by atoms with Gasteiger partial charge in [-0.3, -0.25) is 4.79 Å². The largest absolute Gasteiger partial charge is 0.495 e. The number of ether oxygens (including phenoxy) is 1. The number of halogens is 1. The number of rotatable bonds is 5. The minimum absolute atomic E-state index is 0.197. The van der Waals surface area contributed by atoms with Gasteiger partial charge in [-0.1, -0.05) is 25.4 Å². The molecule has 0 bridgehead atoms. The molecule has 0 aliphatic heterocycles. The van der Waals surface area contributed by atoms with E-state index in [4.69, 9.17) is 16.3 Å². The predicted molar refractivity (Wildman–Crippen MR) is 85.2 cm³/mol. The number of carbonyl (C=O) groups is 1. The number of aromatic nitrogens is 3. The fourth-order valence-corrected chi connectivity index (χ4v) is 2.13. The normalized spacial score (nSPS) is 10.6. The Morgan fingerprint density at radius 3 is 2.64 bits per heavy atom. The Bertz CT molecular complexity index is 704. The van der Waals surface area contributed by atoms with Crippen molar-refractivity contribution in [3.05, 3.63) is 34.7 Å². The molecule has 116 valence electrons. The number of ketones is 1. The van der Waals surface area contributed by atoms with Crippen molar-refractivity contribution < 1.29 is 9.53 Å². The molecule has 1 N–H and O–H groups in total. The van der Waals surface area contributed by atoms with Crippen molar-refractivity contribution in [3.63, 3.8) is 0 Å². The molecular weight excluding hydrogens is 304 g/mol. The number of anilines is 2. The van der Waals surface area contributed by atoms with Gasteiger partial charge in [0.25, 0.3) is 0 Å². The molecule has 0 atom stereocenters. The van der Waals surface area contributed by atoms with Crippen molar-refractivity contribution in [2.45, 2.75) is 26.7 Å². The molecule has 0 aliphatic carbocycles. The molecule has 0 radical (unpaired) electrons. The molecule has 7 heteroatoms. The molecule has 0 spiro atoms. The summed E-state index contributed by atoms with van der Waals surface area (Å²) >= 11 is 5.85. The minimum Gasteiger partial charge on any atom is -0.495 e. The lowest BCUT2D eigenvalue weighted by atomic mass is 10.1. The number of methoxy groups -OCH3 is 1. The first-order chi connectivity index (χ1) is 10.4. The molecule has 0 aliphatic rings. The van der Waals surface area contributed by atoms with Crippen LogP contribution in [0.3, 0.4) is 0 Å². The van der Waals surface area contributed by atoms with Gasteiger partial charge in [-0.05, 0) is 18.1 Å². The number of hydrogen-bond donors (Lipinski definition) is 1. The molecule has 2 heterocycles. The Balaban J connectivity index is 2.41. The zero-order valence-electron chi connectivity index (χ0n) is 12.8. The molecule has 2 aromatic rings. The van der Waals surface area contributed by atoms with Crippen LogP contribution >= 0.6 is 11.6 Å². The molecule has 0 saturated heterocycles. The van der Waals surface area contributed by atoms with Gasteiger partial charge in [-0.15, -0.1) is 10.2 Å². The van der Waals surface area contributed by atoms with E-state index in [2.05, 4.69) is 20.5 Å². The van der Waals surface area contributed by atoms with E-state index in [-0.39, 0.29) is 22.5 Å².